The number of likely N-dealkylation sites (N-methyl/N-ethyl adjacent to an activating group) is 1. The highest BCUT2D eigenvalue weighted by molar-refractivity contribution is 7.45. The third-order valence-electron chi connectivity index (χ3n) is 8.49. The molecular formula is C44H76NO9P. The molecule has 0 N–H and O–H groups in total. The molecule has 0 aromatic rings. The molecule has 11 heteroatoms. The Kier molecular flexibility index (Phi) is 34.1. The van der Waals surface area contributed by atoms with Gasteiger partial charge in [-0.1, -0.05) is 120 Å². The second-order valence-corrected chi connectivity index (χ2v) is 16.4. The zero-order valence-corrected chi connectivity index (χ0v) is 36.0. The summed E-state index contributed by atoms with van der Waals surface area (Å²) < 4.78 is 33.7. The van der Waals surface area contributed by atoms with Crippen molar-refractivity contribution in [2.75, 3.05) is 47.5 Å². The van der Waals surface area contributed by atoms with Gasteiger partial charge in [0.1, 0.15) is 19.8 Å². The van der Waals surface area contributed by atoms with Crippen molar-refractivity contribution in [2.24, 2.45) is 0 Å². The molecule has 2 atom stereocenters. The number of allylic oxidation sites excluding steroid dienone is 10. The summed E-state index contributed by atoms with van der Waals surface area (Å²) in [5.74, 6) is -0.786. The van der Waals surface area contributed by atoms with Crippen LogP contribution in [0, 0.1) is 0 Å². The molecule has 0 amide bonds. The first-order chi connectivity index (χ1) is 26.4. The van der Waals surface area contributed by atoms with Crippen molar-refractivity contribution in [1.29, 1.82) is 0 Å². The number of nitrogens with zero attached hydrogens (tertiary/aromatic N) is 1. The maximum Gasteiger partial charge on any atom is 0.306 e. The predicted octanol–water partition coefficient (Wildman–Crippen LogP) is 10.2. The van der Waals surface area contributed by atoms with Crippen LogP contribution in [-0.4, -0.2) is 75.8 Å². The van der Waals surface area contributed by atoms with Crippen LogP contribution in [-0.2, 0) is 37.5 Å². The van der Waals surface area contributed by atoms with Gasteiger partial charge in [0.05, 0.1) is 27.7 Å². The second kappa shape index (κ2) is 35.8. The highest BCUT2D eigenvalue weighted by Gasteiger charge is 2.21. The summed E-state index contributed by atoms with van der Waals surface area (Å²) in [5.41, 5.74) is 0. The van der Waals surface area contributed by atoms with Gasteiger partial charge in [-0.25, -0.2) is 0 Å². The lowest BCUT2D eigenvalue weighted by Crippen LogP contribution is -2.37. The van der Waals surface area contributed by atoms with E-state index in [2.05, 4.69) is 38.2 Å². The van der Waals surface area contributed by atoms with E-state index in [1.165, 1.54) is 25.7 Å². The average molecular weight is 794 g/mol. The summed E-state index contributed by atoms with van der Waals surface area (Å²) in [6.07, 6.45) is 38.1. The molecule has 0 saturated heterocycles. The maximum atomic E-state index is 12.6. The molecule has 1 unspecified atom stereocenters. The van der Waals surface area contributed by atoms with Crippen LogP contribution in [0.3, 0.4) is 0 Å². The summed E-state index contributed by atoms with van der Waals surface area (Å²) >= 11 is 0. The van der Waals surface area contributed by atoms with Crippen molar-refractivity contribution in [3.8, 4) is 0 Å². The first kappa shape index (κ1) is 52.4. The van der Waals surface area contributed by atoms with Crippen molar-refractivity contribution in [1.82, 2.24) is 0 Å². The van der Waals surface area contributed by atoms with Crippen LogP contribution < -0.4 is 4.89 Å². The summed E-state index contributed by atoms with van der Waals surface area (Å²) in [7, 11) is 1.08. The molecule has 0 aliphatic carbocycles. The zero-order chi connectivity index (χ0) is 40.9. The van der Waals surface area contributed by atoms with Gasteiger partial charge >= 0.3 is 11.9 Å². The van der Waals surface area contributed by atoms with Crippen LogP contribution in [0.1, 0.15) is 149 Å². The van der Waals surface area contributed by atoms with Gasteiger partial charge in [-0.2, -0.15) is 0 Å². The Balaban J connectivity index is 4.56. The van der Waals surface area contributed by atoms with E-state index in [1.807, 2.05) is 45.4 Å². The number of hydrogen-bond donors (Lipinski definition) is 0. The van der Waals surface area contributed by atoms with E-state index >= 15 is 0 Å². The normalized spacial score (nSPS) is 14.1. The third kappa shape index (κ3) is 39.4. The van der Waals surface area contributed by atoms with Crippen LogP contribution >= 0.6 is 7.82 Å². The Morgan fingerprint density at radius 2 is 1.16 bits per heavy atom. The quantitative estimate of drug-likeness (QED) is 0.0115. The minimum absolute atomic E-state index is 0.0556. The fourth-order valence-electron chi connectivity index (χ4n) is 5.12. The lowest BCUT2D eigenvalue weighted by Gasteiger charge is -2.28. The predicted molar refractivity (Wildman–Crippen MR) is 222 cm³/mol. The molecule has 0 spiro atoms. The number of quaternary nitrogens is 1. The number of unbranched alkanes of at least 4 members (excludes halogenated alkanes) is 12. The molecule has 0 fully saturated rings. The van der Waals surface area contributed by atoms with E-state index in [-0.39, 0.29) is 31.8 Å². The first-order valence-corrected chi connectivity index (χ1v) is 22.4. The Labute approximate surface area is 334 Å². The van der Waals surface area contributed by atoms with Crippen molar-refractivity contribution >= 4 is 25.5 Å². The van der Waals surface area contributed by atoms with E-state index in [0.29, 0.717) is 36.7 Å². The van der Waals surface area contributed by atoms with E-state index in [4.69, 9.17) is 18.5 Å². The molecule has 10 nitrogen and oxygen atoms in total. The Morgan fingerprint density at radius 1 is 0.618 bits per heavy atom. The Hall–Kier alpha value is -2.62. The van der Waals surface area contributed by atoms with Crippen LogP contribution in [0.15, 0.2) is 60.8 Å². The lowest BCUT2D eigenvalue weighted by atomic mass is 10.1. The summed E-state index contributed by atoms with van der Waals surface area (Å²) in [6.45, 7) is 3.93. The monoisotopic (exact) mass is 794 g/mol. The molecule has 0 aliphatic rings. The number of ketones is 1. The van der Waals surface area contributed by atoms with Gasteiger partial charge in [-0.15, -0.1) is 0 Å². The number of rotatable bonds is 37. The largest absolute Gasteiger partial charge is 0.756 e. The van der Waals surface area contributed by atoms with Crippen LogP contribution in [0.2, 0.25) is 0 Å². The Bertz CT molecular complexity index is 1190. The SMILES string of the molecule is CCCCCC/C=C\CCCCCCCC(=O)OC[C@H](COP(=O)([O-])OCC[N+](C)(C)C)OC(=O)CCC/C=C\C/C=C\C/C=C\C=C\C(=O)CCCCC. The van der Waals surface area contributed by atoms with Gasteiger partial charge in [0.25, 0.3) is 7.82 Å². The van der Waals surface area contributed by atoms with E-state index in [1.54, 1.807) is 12.2 Å². The van der Waals surface area contributed by atoms with Crippen molar-refractivity contribution < 1.29 is 46.8 Å². The molecule has 0 aromatic carbocycles. The van der Waals surface area contributed by atoms with E-state index < -0.39 is 32.5 Å². The number of hydrogen-bond acceptors (Lipinski definition) is 9. The van der Waals surface area contributed by atoms with Gasteiger partial charge in [-0.05, 0) is 70.3 Å². The lowest BCUT2D eigenvalue weighted by molar-refractivity contribution is -0.870. The van der Waals surface area contributed by atoms with Crippen LogP contribution in [0.4, 0.5) is 0 Å². The molecular weight excluding hydrogens is 717 g/mol. The molecule has 0 aromatic heterocycles. The molecule has 0 radical (unpaired) electrons. The molecule has 316 valence electrons. The van der Waals surface area contributed by atoms with Gasteiger partial charge in [0, 0.05) is 19.3 Å². The summed E-state index contributed by atoms with van der Waals surface area (Å²) in [6, 6.07) is 0. The molecule has 0 bridgehead atoms. The number of esters is 2. The van der Waals surface area contributed by atoms with Crippen molar-refractivity contribution in [3.05, 3.63) is 60.8 Å². The smallest absolute Gasteiger partial charge is 0.306 e. The number of ether oxygens (including phenoxy) is 2. The molecule has 0 aliphatic heterocycles. The number of phosphoric ester groups is 1. The second-order valence-electron chi connectivity index (χ2n) is 15.0. The molecule has 0 heterocycles. The highest BCUT2D eigenvalue weighted by atomic mass is 31.2. The van der Waals surface area contributed by atoms with Gasteiger partial charge in [0.15, 0.2) is 11.9 Å². The molecule has 55 heavy (non-hydrogen) atoms. The van der Waals surface area contributed by atoms with Crippen molar-refractivity contribution in [2.45, 2.75) is 155 Å². The minimum atomic E-state index is -4.65. The fourth-order valence-corrected chi connectivity index (χ4v) is 5.85. The van der Waals surface area contributed by atoms with Gasteiger partial charge in [-0.3, -0.25) is 18.9 Å². The standard InChI is InChI=1S/C44H76NO9P/c1-6-8-10-11-12-13-14-15-18-21-24-27-31-35-43(47)51-39-42(40-53-55(49,50)52-38-37-45(3,4)5)54-44(48)36-32-28-25-22-19-16-17-20-23-26-30-34-41(46)33-29-9-7-2/h13-14,16-17,22-23,25-26,30,34,42H,6-12,15,18-21,24,27-29,31-33,35-40H2,1-5H3/b14-13-,17-16-,25-22-,26-23-,34-30+/t42-/m1/s1. The highest BCUT2D eigenvalue weighted by Crippen LogP contribution is 2.38. The average Bonchev–Trinajstić information content (AvgIpc) is 3.12. The van der Waals surface area contributed by atoms with Crippen LogP contribution in [0.5, 0.6) is 0 Å². The van der Waals surface area contributed by atoms with E-state index in [9.17, 15) is 23.8 Å². The van der Waals surface area contributed by atoms with Crippen LogP contribution in [0.25, 0.3) is 0 Å². The topological polar surface area (TPSA) is 128 Å². The minimum Gasteiger partial charge on any atom is -0.756 e. The summed E-state index contributed by atoms with van der Waals surface area (Å²) in [5, 5.41) is 0. The molecule has 0 rings (SSSR count). The van der Waals surface area contributed by atoms with Gasteiger partial charge in [0.2, 0.25) is 0 Å². The Morgan fingerprint density at radius 3 is 1.85 bits per heavy atom. The number of carbonyl (C=O) groups is 3. The third-order valence-corrected chi connectivity index (χ3v) is 9.45. The number of carbonyl (C=O) groups excluding carboxylic acids is 3. The number of phosphoric acid groups is 1. The van der Waals surface area contributed by atoms with E-state index in [0.717, 1.165) is 70.6 Å². The molecule has 0 saturated carbocycles. The van der Waals surface area contributed by atoms with Crippen molar-refractivity contribution in [3.63, 3.8) is 0 Å². The zero-order valence-electron chi connectivity index (χ0n) is 35.1. The first-order valence-electron chi connectivity index (χ1n) is 20.9. The fraction of sp³-hybridized carbons (Fsp3) is 0.705. The van der Waals surface area contributed by atoms with Gasteiger partial charge < -0.3 is 27.9 Å². The summed E-state index contributed by atoms with van der Waals surface area (Å²) in [4.78, 5) is 49.1. The maximum absolute atomic E-state index is 12.6.